The summed E-state index contributed by atoms with van der Waals surface area (Å²) in [4.78, 5) is 26.8. The van der Waals surface area contributed by atoms with Crippen LogP contribution in [0.4, 0.5) is 10.1 Å². The molecule has 1 unspecified atom stereocenters. The lowest BCUT2D eigenvalue weighted by atomic mass is 9.99. The molecular weight excluding hydrogens is 404 g/mol. The molecule has 160 valence electrons. The van der Waals surface area contributed by atoms with E-state index in [0.29, 0.717) is 48.9 Å². The Hall–Kier alpha value is -3.40. The first-order valence-electron chi connectivity index (χ1n) is 9.85. The van der Waals surface area contributed by atoms with Crippen LogP contribution in [0, 0.1) is 0 Å². The molecule has 0 amide bonds. The number of ether oxygens (including phenoxy) is 2. The zero-order valence-corrected chi connectivity index (χ0v) is 17.2. The number of hydrogen-bond donors (Lipinski definition) is 1. The summed E-state index contributed by atoms with van der Waals surface area (Å²) in [7, 11) is 1.30. The Kier molecular flexibility index (Phi) is 5.40. The number of rotatable bonds is 5. The molecule has 3 aromatic rings. The third-order valence-electron chi connectivity index (χ3n) is 4.89. The van der Waals surface area contributed by atoms with E-state index >= 15 is 0 Å². The SMILES string of the molecule is BC(C)(F)Oc1ccc(-n2nc(C(=O)O)c(=O)c3c(N4CCOCC4)cccc32)cc1. The smallest absolute Gasteiger partial charge is 0.360 e. The van der Waals surface area contributed by atoms with E-state index < -0.39 is 22.8 Å². The van der Waals surface area contributed by atoms with Crippen molar-refractivity contribution in [2.45, 2.75) is 12.7 Å². The normalized spacial score (nSPS) is 16.1. The van der Waals surface area contributed by atoms with Crippen molar-refractivity contribution in [3.8, 4) is 11.4 Å². The first kappa shape index (κ1) is 20.9. The first-order valence-corrected chi connectivity index (χ1v) is 9.85. The average Bonchev–Trinajstić information content (AvgIpc) is 2.74. The fourth-order valence-corrected chi connectivity index (χ4v) is 3.60. The second-order valence-corrected chi connectivity index (χ2v) is 7.62. The van der Waals surface area contributed by atoms with Crippen LogP contribution in [0.5, 0.6) is 5.75 Å². The van der Waals surface area contributed by atoms with Gasteiger partial charge in [0, 0.05) is 13.1 Å². The van der Waals surface area contributed by atoms with Crippen molar-refractivity contribution in [3.63, 3.8) is 0 Å². The molecular formula is C21H21BFN3O5. The van der Waals surface area contributed by atoms with Gasteiger partial charge in [-0.1, -0.05) is 6.07 Å². The summed E-state index contributed by atoms with van der Waals surface area (Å²) in [6.07, 6.45) is 0. The van der Waals surface area contributed by atoms with Gasteiger partial charge in [0.1, 0.15) is 5.75 Å². The Morgan fingerprint density at radius 1 is 1.23 bits per heavy atom. The number of aromatic carboxylic acids is 1. The number of carboxylic acid groups (broad SMARTS) is 1. The number of benzene rings is 2. The summed E-state index contributed by atoms with van der Waals surface area (Å²) in [6, 6.07) is 11.7. The predicted octanol–water partition coefficient (Wildman–Crippen LogP) is 1.58. The van der Waals surface area contributed by atoms with Crippen LogP contribution in [0.1, 0.15) is 17.4 Å². The molecule has 1 atom stereocenters. The van der Waals surface area contributed by atoms with Crippen LogP contribution >= 0.6 is 0 Å². The van der Waals surface area contributed by atoms with Gasteiger partial charge >= 0.3 is 5.97 Å². The maximum absolute atomic E-state index is 13.8. The molecule has 1 aliphatic heterocycles. The summed E-state index contributed by atoms with van der Waals surface area (Å²) in [6.45, 7) is 3.52. The van der Waals surface area contributed by atoms with E-state index in [4.69, 9.17) is 9.47 Å². The summed E-state index contributed by atoms with van der Waals surface area (Å²) < 4.78 is 25.8. The van der Waals surface area contributed by atoms with E-state index in [1.54, 1.807) is 42.5 Å². The van der Waals surface area contributed by atoms with Gasteiger partial charge in [0.2, 0.25) is 24.7 Å². The lowest BCUT2D eigenvalue weighted by Gasteiger charge is -2.30. The highest BCUT2D eigenvalue weighted by molar-refractivity contribution is 6.13. The zero-order valence-electron chi connectivity index (χ0n) is 17.2. The van der Waals surface area contributed by atoms with Gasteiger partial charge in [-0.2, -0.15) is 5.10 Å². The van der Waals surface area contributed by atoms with Crippen molar-refractivity contribution in [2.75, 3.05) is 31.2 Å². The number of morpholine rings is 1. The Morgan fingerprint density at radius 2 is 1.90 bits per heavy atom. The van der Waals surface area contributed by atoms with E-state index in [1.165, 1.54) is 19.5 Å². The van der Waals surface area contributed by atoms with Crippen molar-refractivity contribution < 1.29 is 23.8 Å². The Bertz CT molecular complexity index is 1180. The molecule has 0 saturated carbocycles. The number of carbonyl (C=O) groups is 1. The molecule has 0 bridgehead atoms. The molecule has 10 heteroatoms. The highest BCUT2D eigenvalue weighted by Crippen LogP contribution is 2.27. The maximum Gasteiger partial charge on any atom is 0.360 e. The van der Waals surface area contributed by atoms with Gasteiger partial charge < -0.3 is 19.5 Å². The molecule has 4 rings (SSSR count). The van der Waals surface area contributed by atoms with Crippen molar-refractivity contribution in [1.82, 2.24) is 9.78 Å². The maximum atomic E-state index is 13.8. The number of carboxylic acids is 1. The van der Waals surface area contributed by atoms with E-state index in [2.05, 4.69) is 5.10 Å². The van der Waals surface area contributed by atoms with Gasteiger partial charge in [-0.25, -0.2) is 13.9 Å². The summed E-state index contributed by atoms with van der Waals surface area (Å²) in [5.41, 5.74) is 0.413. The number of halogens is 1. The third-order valence-corrected chi connectivity index (χ3v) is 4.89. The van der Waals surface area contributed by atoms with E-state index in [0.717, 1.165) is 0 Å². The number of anilines is 1. The lowest BCUT2D eigenvalue weighted by Crippen LogP contribution is -2.37. The topological polar surface area (TPSA) is 93.9 Å². The number of aromatic nitrogens is 2. The molecule has 1 saturated heterocycles. The molecule has 1 N–H and O–H groups in total. The van der Waals surface area contributed by atoms with Crippen LogP contribution in [0.15, 0.2) is 47.3 Å². The van der Waals surface area contributed by atoms with E-state index in [1.807, 2.05) is 4.90 Å². The van der Waals surface area contributed by atoms with Crippen molar-refractivity contribution in [1.29, 1.82) is 0 Å². The number of nitrogens with zero attached hydrogens (tertiary/aromatic N) is 3. The summed E-state index contributed by atoms with van der Waals surface area (Å²) >= 11 is 0. The molecule has 1 aromatic heterocycles. The van der Waals surface area contributed by atoms with Crippen LogP contribution in [-0.4, -0.2) is 60.8 Å². The number of hydrogen-bond acceptors (Lipinski definition) is 6. The zero-order chi connectivity index (χ0) is 22.2. The van der Waals surface area contributed by atoms with Gasteiger partial charge in [-0.3, -0.25) is 4.79 Å². The second-order valence-electron chi connectivity index (χ2n) is 7.62. The summed E-state index contributed by atoms with van der Waals surface area (Å²) in [5, 5.41) is 14.0. The average molecular weight is 425 g/mol. The minimum atomic E-state index is -1.84. The Balaban J connectivity index is 1.90. The van der Waals surface area contributed by atoms with Gasteiger partial charge in [0.05, 0.1) is 35.5 Å². The molecule has 2 aromatic carbocycles. The molecule has 0 aliphatic carbocycles. The largest absolute Gasteiger partial charge is 0.476 e. The first-order chi connectivity index (χ1) is 14.7. The van der Waals surface area contributed by atoms with E-state index in [9.17, 15) is 19.1 Å². The fourth-order valence-electron chi connectivity index (χ4n) is 3.60. The molecule has 2 heterocycles. The van der Waals surface area contributed by atoms with E-state index in [-0.39, 0.29) is 5.39 Å². The highest BCUT2D eigenvalue weighted by atomic mass is 19.2. The van der Waals surface area contributed by atoms with Gasteiger partial charge in [-0.05, 0) is 43.3 Å². The second kappa shape index (κ2) is 8.03. The molecule has 8 nitrogen and oxygen atoms in total. The van der Waals surface area contributed by atoms with Crippen LogP contribution in [0.2, 0.25) is 0 Å². The van der Waals surface area contributed by atoms with Gasteiger partial charge in [-0.15, -0.1) is 0 Å². The molecule has 31 heavy (non-hydrogen) atoms. The highest BCUT2D eigenvalue weighted by Gasteiger charge is 2.23. The molecule has 0 radical (unpaired) electrons. The van der Waals surface area contributed by atoms with Crippen LogP contribution in [0.25, 0.3) is 16.6 Å². The molecule has 0 spiro atoms. The van der Waals surface area contributed by atoms with Crippen molar-refractivity contribution in [2.24, 2.45) is 0 Å². The van der Waals surface area contributed by atoms with Crippen molar-refractivity contribution >= 4 is 30.4 Å². The Morgan fingerprint density at radius 3 is 2.52 bits per heavy atom. The molecule has 1 fully saturated rings. The fraction of sp³-hybridized carbons (Fsp3) is 0.286. The van der Waals surface area contributed by atoms with Crippen LogP contribution < -0.4 is 15.1 Å². The number of alkyl halides is 1. The Labute approximate surface area is 178 Å². The van der Waals surface area contributed by atoms with Gasteiger partial charge in [0.15, 0.2) is 0 Å². The monoisotopic (exact) mass is 425 g/mol. The van der Waals surface area contributed by atoms with Crippen molar-refractivity contribution in [3.05, 3.63) is 58.4 Å². The lowest BCUT2D eigenvalue weighted by molar-refractivity contribution is 0.0391. The number of fused-ring (bicyclic) bond motifs is 1. The standard InChI is InChI=1S/C21H21BFN3O5/c1-21(22,23)31-14-7-5-13(6-8-14)26-16-4-2-3-15(25-9-11-30-12-10-25)17(16)19(27)18(24-26)20(28)29/h2-8H,9-12,22H2,1H3,(H,28,29). The molecule has 1 aliphatic rings. The van der Waals surface area contributed by atoms with Gasteiger partial charge in [0.25, 0.3) is 0 Å². The van der Waals surface area contributed by atoms with Crippen LogP contribution in [0.3, 0.4) is 0 Å². The minimum Gasteiger partial charge on any atom is -0.476 e. The predicted molar refractivity (Wildman–Crippen MR) is 116 cm³/mol. The third kappa shape index (κ3) is 4.24. The van der Waals surface area contributed by atoms with Crippen LogP contribution in [-0.2, 0) is 4.74 Å². The quantitative estimate of drug-likeness (QED) is 0.621. The summed E-state index contributed by atoms with van der Waals surface area (Å²) in [5.74, 6) is -2.93. The minimum absolute atomic E-state index is 0.280.